The smallest absolute Gasteiger partial charge is 1.00 e. The minimum atomic E-state index is -2.12. The van der Waals surface area contributed by atoms with Gasteiger partial charge in [0.2, 0.25) is 0 Å². The Bertz CT molecular complexity index is 2020. The van der Waals surface area contributed by atoms with Crippen LogP contribution in [0.5, 0.6) is 0 Å². The van der Waals surface area contributed by atoms with E-state index in [0.717, 1.165) is 0 Å². The number of thiophene rings is 2. The first kappa shape index (κ1) is 31.9. The second-order valence-electron chi connectivity index (χ2n) is 12.0. The zero-order chi connectivity index (χ0) is 28.5. The summed E-state index contributed by atoms with van der Waals surface area (Å²) >= 11 is 1.68. The third-order valence-electron chi connectivity index (χ3n) is 9.26. The predicted octanol–water partition coefficient (Wildman–Crippen LogP) is 5.94. The van der Waals surface area contributed by atoms with Crippen molar-refractivity contribution < 1.29 is 45.2 Å². The van der Waals surface area contributed by atoms with Crippen LogP contribution in [-0.2, 0) is 20.4 Å². The summed E-state index contributed by atoms with van der Waals surface area (Å²) in [4.78, 5) is 2.84. The second kappa shape index (κ2) is 12.6. The van der Waals surface area contributed by atoms with Crippen LogP contribution in [0.2, 0.25) is 13.1 Å². The van der Waals surface area contributed by atoms with Gasteiger partial charge in [0.15, 0.2) is 0 Å². The Morgan fingerprint density at radius 1 is 0.568 bits per heavy atom. The Labute approximate surface area is 288 Å². The van der Waals surface area contributed by atoms with Gasteiger partial charge < -0.3 is 24.8 Å². The first-order chi connectivity index (χ1) is 20.5. The summed E-state index contributed by atoms with van der Waals surface area (Å²) in [6, 6.07) is 32.1. The van der Waals surface area contributed by atoms with Crippen LogP contribution in [-0.4, -0.2) is 5.43 Å². The average molecular weight is 743 g/mol. The molecule has 0 saturated heterocycles. The molecule has 0 amide bonds. The summed E-state index contributed by atoms with van der Waals surface area (Å²) in [5.74, 6) is 0. The van der Waals surface area contributed by atoms with Crippen molar-refractivity contribution in [3.63, 3.8) is 0 Å². The fraction of sp³-hybridized carbons (Fsp3) is 0.158. The second-order valence-corrected chi connectivity index (χ2v) is 31.6. The van der Waals surface area contributed by atoms with Gasteiger partial charge in [0.25, 0.3) is 0 Å². The van der Waals surface area contributed by atoms with E-state index in [1.807, 2.05) is 22.7 Å². The van der Waals surface area contributed by atoms with Gasteiger partial charge in [-0.15, -0.1) is 0 Å². The number of halogens is 2. The van der Waals surface area contributed by atoms with Crippen molar-refractivity contribution in [3.8, 4) is 20.9 Å². The maximum Gasteiger partial charge on any atom is -1.00 e. The van der Waals surface area contributed by atoms with Crippen molar-refractivity contribution in [1.82, 2.24) is 0 Å². The first-order valence-electron chi connectivity index (χ1n) is 14.7. The Morgan fingerprint density at radius 3 is 1.43 bits per heavy atom. The van der Waals surface area contributed by atoms with Crippen LogP contribution >= 0.6 is 22.7 Å². The third kappa shape index (κ3) is 5.02. The van der Waals surface area contributed by atoms with Gasteiger partial charge in [-0.1, -0.05) is 0 Å². The van der Waals surface area contributed by atoms with Crippen molar-refractivity contribution in [2.45, 2.75) is 34.2 Å². The van der Waals surface area contributed by atoms with Gasteiger partial charge in [-0.2, -0.15) is 0 Å². The topological polar surface area (TPSA) is 0 Å². The van der Waals surface area contributed by atoms with Gasteiger partial charge in [-0.05, 0) is 0 Å². The fourth-order valence-electron chi connectivity index (χ4n) is 7.47. The molecular formula is C38H32Cl2S2SiZr. The number of fused-ring (bicyclic) bond motifs is 4. The molecule has 2 atom stereocenters. The standard InChI is InChI=1S/2C18H13S.C2H6Si.2ClH.Zr/c2*1-12-9-13-6-4-8-16(17(13)10-12)18-15-7-3-2-5-14(15)11-19-18;1-3-2;;;/h2*2-11H,1H3;1-2H3;2*1H;/q;;;;;+2/p-2. The molecule has 2 aromatic heterocycles. The molecule has 0 bridgehead atoms. The number of benzene rings is 4. The summed E-state index contributed by atoms with van der Waals surface area (Å²) in [6.45, 7) is 10.1. The van der Waals surface area contributed by atoms with E-state index in [2.05, 4.69) is 135 Å². The van der Waals surface area contributed by atoms with Gasteiger partial charge in [-0.3, -0.25) is 0 Å². The number of hydrogen-bond donors (Lipinski definition) is 0. The maximum atomic E-state index is 2.63. The summed E-state index contributed by atoms with van der Waals surface area (Å²) in [7, 11) is 0. The summed E-state index contributed by atoms with van der Waals surface area (Å²) < 4.78 is 1.28. The number of allylic oxidation sites excluding steroid dienone is 2. The Balaban J connectivity index is 0.00000171. The molecule has 2 unspecified atom stereocenters. The molecule has 6 heteroatoms. The molecule has 2 aliphatic carbocycles. The van der Waals surface area contributed by atoms with E-state index >= 15 is 0 Å². The van der Waals surface area contributed by atoms with E-state index in [9.17, 15) is 0 Å². The van der Waals surface area contributed by atoms with E-state index in [4.69, 9.17) is 0 Å². The van der Waals surface area contributed by atoms with Crippen LogP contribution in [0, 0.1) is 0 Å². The van der Waals surface area contributed by atoms with E-state index in [1.54, 1.807) is 22.3 Å². The zero-order valence-electron chi connectivity index (χ0n) is 25.1. The van der Waals surface area contributed by atoms with Crippen molar-refractivity contribution >= 4 is 61.8 Å². The summed E-state index contributed by atoms with van der Waals surface area (Å²) in [6.07, 6.45) is 5.14. The van der Waals surface area contributed by atoms with E-state index in [0.29, 0.717) is 7.25 Å². The van der Waals surface area contributed by atoms with Gasteiger partial charge in [-0.25, -0.2) is 0 Å². The Morgan fingerprint density at radius 2 is 1.00 bits per heavy atom. The molecule has 2 aliphatic rings. The fourth-order valence-corrected chi connectivity index (χ4v) is 30.3. The molecule has 0 radical (unpaired) electrons. The SMILES string of the molecule is CC1=Cc2c(-c3scc4ccccc34)cccc2[CH]1[Zr+2]([CH]1C(C)=Cc2c(-c3scc4ccccc34)cccc21)=[Si](C)C.[Cl-].[Cl-]. The van der Waals surface area contributed by atoms with Crippen molar-refractivity contribution in [3.05, 3.63) is 129 Å². The molecule has 0 aliphatic heterocycles. The molecule has 44 heavy (non-hydrogen) atoms. The monoisotopic (exact) mass is 740 g/mol. The van der Waals surface area contributed by atoms with E-state index in [1.165, 1.54) is 53.6 Å². The van der Waals surface area contributed by atoms with Gasteiger partial charge in [0.1, 0.15) is 0 Å². The van der Waals surface area contributed by atoms with E-state index in [-0.39, 0.29) is 24.8 Å². The largest absolute Gasteiger partial charge is 1.00 e. The van der Waals surface area contributed by atoms with Crippen molar-refractivity contribution in [2.24, 2.45) is 0 Å². The van der Waals surface area contributed by atoms with Crippen LogP contribution in [0.25, 0.3) is 54.6 Å². The number of rotatable bonds is 4. The normalized spacial score (nSPS) is 16.3. The molecule has 0 fully saturated rings. The molecule has 4 aromatic carbocycles. The van der Waals surface area contributed by atoms with Gasteiger partial charge in [0, 0.05) is 0 Å². The molecule has 8 rings (SSSR count). The minimum absolute atomic E-state index is 0. The molecule has 0 saturated carbocycles. The molecule has 0 N–H and O–H groups in total. The Hall–Kier alpha value is -2.04. The molecular weight excluding hydrogens is 711 g/mol. The summed E-state index contributed by atoms with van der Waals surface area (Å²) in [5, 5.41) is 10.1. The third-order valence-corrected chi connectivity index (χ3v) is 31.3. The van der Waals surface area contributed by atoms with Crippen molar-refractivity contribution in [1.29, 1.82) is 0 Å². The Kier molecular flexibility index (Phi) is 9.16. The molecule has 0 nitrogen and oxygen atoms in total. The molecule has 6 aromatic rings. The van der Waals surface area contributed by atoms with Crippen LogP contribution in [0.4, 0.5) is 0 Å². The van der Waals surface area contributed by atoms with Gasteiger partial charge in [0.05, 0.1) is 0 Å². The van der Waals surface area contributed by atoms with Crippen LogP contribution < -0.4 is 24.8 Å². The average Bonchev–Trinajstić information content (AvgIpc) is 3.76. The molecule has 0 spiro atoms. The van der Waals surface area contributed by atoms with Crippen molar-refractivity contribution in [2.75, 3.05) is 0 Å². The van der Waals surface area contributed by atoms with Crippen LogP contribution in [0.1, 0.15) is 43.4 Å². The number of hydrogen-bond acceptors (Lipinski definition) is 2. The first-order valence-corrected chi connectivity index (χ1v) is 25.5. The predicted molar refractivity (Wildman–Crippen MR) is 185 cm³/mol. The maximum absolute atomic E-state index is 2.63. The quantitative estimate of drug-likeness (QED) is 0.196. The summed E-state index contributed by atoms with van der Waals surface area (Å²) in [5.41, 5.74) is 11.8. The van der Waals surface area contributed by atoms with Crippen LogP contribution in [0.3, 0.4) is 0 Å². The minimum Gasteiger partial charge on any atom is -1.00 e. The zero-order valence-corrected chi connectivity index (χ0v) is 31.7. The van der Waals surface area contributed by atoms with Gasteiger partial charge >= 0.3 is 266 Å². The molecule has 218 valence electrons. The van der Waals surface area contributed by atoms with E-state index < -0.39 is 25.8 Å². The molecule has 2 heterocycles. The van der Waals surface area contributed by atoms with Crippen LogP contribution in [0.15, 0.2) is 107 Å².